The van der Waals surface area contributed by atoms with Crippen LogP contribution >= 0.6 is 0 Å². The SMILES string of the molecule is CCC=O.CCc1ccc(C)cc1.COC. The normalized spacial score (nSPS) is 8.06. The van der Waals surface area contributed by atoms with E-state index in [0.717, 1.165) is 12.7 Å². The van der Waals surface area contributed by atoms with Gasteiger partial charge in [0.1, 0.15) is 6.29 Å². The zero-order chi connectivity index (χ0) is 12.8. The summed E-state index contributed by atoms with van der Waals surface area (Å²) in [5, 5.41) is 0. The molecule has 0 N–H and O–H groups in total. The summed E-state index contributed by atoms with van der Waals surface area (Å²) in [7, 11) is 3.25. The van der Waals surface area contributed by atoms with Gasteiger partial charge in [-0.3, -0.25) is 0 Å². The van der Waals surface area contributed by atoms with Crippen molar-refractivity contribution in [3.05, 3.63) is 35.4 Å². The molecule has 0 atom stereocenters. The van der Waals surface area contributed by atoms with Crippen molar-refractivity contribution < 1.29 is 9.53 Å². The van der Waals surface area contributed by atoms with Crippen molar-refractivity contribution in [2.45, 2.75) is 33.6 Å². The zero-order valence-electron chi connectivity index (χ0n) is 11.1. The summed E-state index contributed by atoms with van der Waals surface area (Å²) in [5.74, 6) is 0. The van der Waals surface area contributed by atoms with E-state index in [9.17, 15) is 4.79 Å². The van der Waals surface area contributed by atoms with Crippen molar-refractivity contribution in [2.24, 2.45) is 0 Å². The number of benzene rings is 1. The Labute approximate surface area is 99.6 Å². The molecule has 0 aliphatic rings. The number of carbonyl (C=O) groups excluding carboxylic acids is 1. The Bertz CT molecular complexity index is 239. The van der Waals surface area contributed by atoms with Crippen molar-refractivity contribution in [1.82, 2.24) is 0 Å². The second-order valence-corrected chi connectivity index (χ2v) is 3.32. The summed E-state index contributed by atoms with van der Waals surface area (Å²) in [6.07, 6.45) is 2.65. The highest BCUT2D eigenvalue weighted by Gasteiger charge is 1.84. The Kier molecular flexibility index (Phi) is 14.9. The summed E-state index contributed by atoms with van der Waals surface area (Å²) < 4.78 is 4.25. The van der Waals surface area contributed by atoms with Gasteiger partial charge in [0.25, 0.3) is 0 Å². The molecular formula is C14H24O2. The summed E-state index contributed by atoms with van der Waals surface area (Å²) in [6.45, 7) is 6.09. The summed E-state index contributed by atoms with van der Waals surface area (Å²) in [6, 6.07) is 8.66. The molecule has 0 saturated carbocycles. The van der Waals surface area contributed by atoms with Crippen LogP contribution in [-0.4, -0.2) is 20.5 Å². The number of methoxy groups -OCH3 is 1. The van der Waals surface area contributed by atoms with Crippen LogP contribution in [0.5, 0.6) is 0 Å². The first-order valence-electron chi connectivity index (χ1n) is 5.55. The molecule has 0 unspecified atom stereocenters. The second kappa shape index (κ2) is 13.8. The number of carbonyl (C=O) groups is 1. The number of aldehydes is 1. The standard InChI is InChI=1S/C9H12.C3H6O.C2H6O/c1-3-9-6-4-8(2)5-7-9;1-2-3-4;1-3-2/h4-7H,3H2,1-2H3;3H,2H2,1H3;1-2H3. The number of aryl methyl sites for hydroxylation is 2. The third-order valence-corrected chi connectivity index (χ3v) is 1.70. The topological polar surface area (TPSA) is 26.3 Å². The maximum Gasteiger partial charge on any atom is 0.119 e. The predicted octanol–water partition coefficient (Wildman–Crippen LogP) is 3.42. The van der Waals surface area contributed by atoms with Crippen LogP contribution in [0.3, 0.4) is 0 Å². The highest BCUT2D eigenvalue weighted by atomic mass is 16.4. The lowest BCUT2D eigenvalue weighted by Gasteiger charge is -1.94. The molecule has 92 valence electrons. The fraction of sp³-hybridized carbons (Fsp3) is 0.500. The lowest BCUT2D eigenvalue weighted by Crippen LogP contribution is -1.77. The lowest BCUT2D eigenvalue weighted by atomic mass is 10.1. The first kappa shape index (κ1) is 17.3. The highest BCUT2D eigenvalue weighted by Crippen LogP contribution is 2.02. The van der Waals surface area contributed by atoms with Gasteiger partial charge in [0.15, 0.2) is 0 Å². The number of hydrogen-bond acceptors (Lipinski definition) is 2. The van der Waals surface area contributed by atoms with Crippen molar-refractivity contribution in [2.75, 3.05) is 14.2 Å². The van der Waals surface area contributed by atoms with Crippen LogP contribution in [0.1, 0.15) is 31.4 Å². The Morgan fingerprint density at radius 3 is 1.75 bits per heavy atom. The van der Waals surface area contributed by atoms with Gasteiger partial charge >= 0.3 is 0 Å². The highest BCUT2D eigenvalue weighted by molar-refractivity contribution is 5.48. The van der Waals surface area contributed by atoms with E-state index in [2.05, 4.69) is 42.8 Å². The van der Waals surface area contributed by atoms with Crippen molar-refractivity contribution in [1.29, 1.82) is 0 Å². The molecule has 2 nitrogen and oxygen atoms in total. The second-order valence-electron chi connectivity index (χ2n) is 3.32. The average molecular weight is 224 g/mol. The fourth-order valence-corrected chi connectivity index (χ4v) is 0.824. The minimum atomic E-state index is 0.639. The minimum absolute atomic E-state index is 0.639. The lowest BCUT2D eigenvalue weighted by molar-refractivity contribution is -0.107. The molecule has 0 aliphatic heterocycles. The molecular weight excluding hydrogens is 200 g/mol. The first-order valence-corrected chi connectivity index (χ1v) is 5.55. The van der Waals surface area contributed by atoms with Gasteiger partial charge in [0, 0.05) is 20.6 Å². The molecule has 0 fully saturated rings. The molecule has 0 spiro atoms. The van der Waals surface area contributed by atoms with E-state index in [1.54, 1.807) is 14.2 Å². The van der Waals surface area contributed by atoms with Gasteiger partial charge in [-0.25, -0.2) is 0 Å². The molecule has 0 amide bonds. The number of hydrogen-bond donors (Lipinski definition) is 0. The van der Waals surface area contributed by atoms with Gasteiger partial charge in [-0.2, -0.15) is 0 Å². The van der Waals surface area contributed by atoms with Gasteiger partial charge in [0.2, 0.25) is 0 Å². The molecule has 0 heterocycles. The summed E-state index contributed by atoms with van der Waals surface area (Å²) in [5.41, 5.74) is 2.76. The van der Waals surface area contributed by atoms with Gasteiger partial charge in [-0.1, -0.05) is 43.7 Å². The molecule has 0 aromatic heterocycles. The molecule has 0 aliphatic carbocycles. The van der Waals surface area contributed by atoms with Crippen molar-refractivity contribution in [3.63, 3.8) is 0 Å². The Hall–Kier alpha value is -1.15. The molecule has 1 aromatic rings. The molecule has 0 saturated heterocycles. The van der Waals surface area contributed by atoms with Crippen LogP contribution in [0.25, 0.3) is 0 Å². The van der Waals surface area contributed by atoms with Crippen LogP contribution in [-0.2, 0) is 16.0 Å². The van der Waals surface area contributed by atoms with Gasteiger partial charge in [-0.15, -0.1) is 0 Å². The fourth-order valence-electron chi connectivity index (χ4n) is 0.824. The van der Waals surface area contributed by atoms with E-state index in [4.69, 9.17) is 0 Å². The van der Waals surface area contributed by atoms with Crippen molar-refractivity contribution in [3.8, 4) is 0 Å². The van der Waals surface area contributed by atoms with Crippen LogP contribution < -0.4 is 0 Å². The Morgan fingerprint density at radius 2 is 1.50 bits per heavy atom. The van der Waals surface area contributed by atoms with E-state index >= 15 is 0 Å². The zero-order valence-corrected chi connectivity index (χ0v) is 11.1. The van der Waals surface area contributed by atoms with Gasteiger partial charge in [0.05, 0.1) is 0 Å². The van der Waals surface area contributed by atoms with Gasteiger partial charge in [-0.05, 0) is 18.9 Å². The van der Waals surface area contributed by atoms with Crippen LogP contribution in [0.15, 0.2) is 24.3 Å². The van der Waals surface area contributed by atoms with E-state index in [1.807, 2.05) is 6.92 Å². The molecule has 0 radical (unpaired) electrons. The van der Waals surface area contributed by atoms with E-state index in [0.29, 0.717) is 6.42 Å². The number of rotatable bonds is 2. The van der Waals surface area contributed by atoms with Crippen LogP contribution in [0.2, 0.25) is 0 Å². The molecule has 1 aromatic carbocycles. The average Bonchev–Trinajstić information content (AvgIpc) is 2.31. The maximum absolute atomic E-state index is 9.17. The monoisotopic (exact) mass is 224 g/mol. The van der Waals surface area contributed by atoms with Crippen molar-refractivity contribution >= 4 is 6.29 Å². The predicted molar refractivity (Wildman–Crippen MR) is 69.8 cm³/mol. The van der Waals surface area contributed by atoms with Gasteiger partial charge < -0.3 is 9.53 Å². The Morgan fingerprint density at radius 1 is 1.12 bits per heavy atom. The quantitative estimate of drug-likeness (QED) is 0.719. The summed E-state index contributed by atoms with van der Waals surface area (Å²) in [4.78, 5) is 9.17. The molecule has 16 heavy (non-hydrogen) atoms. The smallest absolute Gasteiger partial charge is 0.119 e. The minimum Gasteiger partial charge on any atom is -0.388 e. The van der Waals surface area contributed by atoms with Crippen LogP contribution in [0, 0.1) is 6.92 Å². The largest absolute Gasteiger partial charge is 0.388 e. The summed E-state index contributed by atoms with van der Waals surface area (Å²) >= 11 is 0. The number of ether oxygens (including phenoxy) is 1. The third-order valence-electron chi connectivity index (χ3n) is 1.70. The first-order chi connectivity index (χ1) is 7.65. The van der Waals surface area contributed by atoms with E-state index < -0.39 is 0 Å². The molecule has 1 rings (SSSR count). The Balaban J connectivity index is 0. The van der Waals surface area contributed by atoms with E-state index in [-0.39, 0.29) is 0 Å². The van der Waals surface area contributed by atoms with Crippen LogP contribution in [0.4, 0.5) is 0 Å². The molecule has 0 bridgehead atoms. The maximum atomic E-state index is 9.17. The third kappa shape index (κ3) is 12.8. The molecule has 2 heteroatoms. The van der Waals surface area contributed by atoms with E-state index in [1.165, 1.54) is 11.1 Å².